The minimum absolute atomic E-state index is 0.0929. The molecule has 0 unspecified atom stereocenters. The van der Waals surface area contributed by atoms with Gasteiger partial charge >= 0.3 is 6.03 Å². The molecule has 2 aliphatic rings. The number of likely N-dealkylation sites (tertiary alicyclic amines) is 1. The molecule has 1 saturated carbocycles. The van der Waals surface area contributed by atoms with E-state index in [4.69, 9.17) is 0 Å². The Balaban J connectivity index is 1.55. The van der Waals surface area contributed by atoms with Gasteiger partial charge in [-0.3, -0.25) is 4.79 Å². The van der Waals surface area contributed by atoms with Gasteiger partial charge in [-0.15, -0.1) is 0 Å². The molecule has 1 heterocycles. The molecule has 0 aromatic carbocycles. The molecule has 3 N–H and O–H groups in total. The van der Waals surface area contributed by atoms with Gasteiger partial charge in [0, 0.05) is 39.2 Å². The third-order valence-corrected chi connectivity index (χ3v) is 4.99. The quantitative estimate of drug-likeness (QED) is 0.647. The molecule has 0 radical (unpaired) electrons. The Morgan fingerprint density at radius 1 is 0.957 bits per heavy atom. The Hall–Kier alpha value is -1.30. The Morgan fingerprint density at radius 3 is 2.39 bits per heavy atom. The molecule has 0 aromatic heterocycles. The van der Waals surface area contributed by atoms with Crippen LogP contribution in [0.25, 0.3) is 0 Å². The second kappa shape index (κ2) is 9.75. The smallest absolute Gasteiger partial charge is 0.317 e. The van der Waals surface area contributed by atoms with Crippen molar-refractivity contribution in [2.24, 2.45) is 11.8 Å². The third kappa shape index (κ3) is 6.37. The number of carbonyl (C=O) groups excluding carboxylic acids is 2. The van der Waals surface area contributed by atoms with E-state index in [0.717, 1.165) is 19.4 Å². The average molecular weight is 325 g/mol. The van der Waals surface area contributed by atoms with Gasteiger partial charge in [0.25, 0.3) is 0 Å². The largest absolute Gasteiger partial charge is 0.396 e. The number of piperidine rings is 1. The van der Waals surface area contributed by atoms with Gasteiger partial charge in [-0.05, 0) is 37.5 Å². The highest BCUT2D eigenvalue weighted by atomic mass is 16.3. The topological polar surface area (TPSA) is 81.7 Å². The van der Waals surface area contributed by atoms with Gasteiger partial charge in [-0.2, -0.15) is 0 Å². The number of rotatable bonds is 6. The van der Waals surface area contributed by atoms with Gasteiger partial charge in [0.2, 0.25) is 5.91 Å². The number of amides is 3. The van der Waals surface area contributed by atoms with Crippen LogP contribution in [0.15, 0.2) is 0 Å². The average Bonchev–Trinajstić information content (AvgIpc) is 2.59. The van der Waals surface area contributed by atoms with Crippen LogP contribution in [0.3, 0.4) is 0 Å². The Kier molecular flexibility index (Phi) is 7.65. The maximum Gasteiger partial charge on any atom is 0.317 e. The van der Waals surface area contributed by atoms with E-state index in [-0.39, 0.29) is 24.5 Å². The van der Waals surface area contributed by atoms with Gasteiger partial charge in [-0.1, -0.05) is 19.3 Å². The first kappa shape index (κ1) is 18.0. The molecule has 3 amide bonds. The zero-order valence-electron chi connectivity index (χ0n) is 14.1. The highest BCUT2D eigenvalue weighted by Gasteiger charge is 2.22. The zero-order chi connectivity index (χ0) is 16.5. The van der Waals surface area contributed by atoms with Crippen molar-refractivity contribution in [3.63, 3.8) is 0 Å². The van der Waals surface area contributed by atoms with Crippen molar-refractivity contribution in [1.29, 1.82) is 0 Å². The van der Waals surface area contributed by atoms with Gasteiger partial charge in [0.05, 0.1) is 0 Å². The molecule has 0 spiro atoms. The van der Waals surface area contributed by atoms with E-state index in [9.17, 15) is 14.7 Å². The maximum absolute atomic E-state index is 12.0. The summed E-state index contributed by atoms with van der Waals surface area (Å²) in [6.07, 6.45) is 8.69. The lowest BCUT2D eigenvalue weighted by atomic mass is 9.87. The summed E-state index contributed by atoms with van der Waals surface area (Å²) in [5.41, 5.74) is 0. The van der Waals surface area contributed by atoms with Crippen molar-refractivity contribution >= 4 is 11.9 Å². The molecule has 0 bridgehead atoms. The van der Waals surface area contributed by atoms with Crippen molar-refractivity contribution in [2.75, 3.05) is 32.8 Å². The molecular formula is C17H31N3O3. The normalized spacial score (nSPS) is 22.7. The summed E-state index contributed by atoms with van der Waals surface area (Å²) in [6.45, 7) is 2.44. The lowest BCUT2D eigenvalue weighted by molar-refractivity contribution is -0.122. The van der Waals surface area contributed by atoms with Gasteiger partial charge in [0.15, 0.2) is 0 Å². The molecule has 1 aliphatic carbocycles. The lowest BCUT2D eigenvalue weighted by Crippen LogP contribution is -2.47. The maximum atomic E-state index is 12.0. The van der Waals surface area contributed by atoms with Crippen LogP contribution in [0.4, 0.5) is 4.79 Å². The van der Waals surface area contributed by atoms with E-state index in [0.29, 0.717) is 32.0 Å². The molecule has 1 atom stereocenters. The number of carbonyl (C=O) groups is 2. The fourth-order valence-corrected chi connectivity index (χ4v) is 3.61. The summed E-state index contributed by atoms with van der Waals surface area (Å²) >= 11 is 0. The minimum Gasteiger partial charge on any atom is -0.396 e. The SMILES string of the molecule is O=C(CC1CCCCC1)NCCNC(=O)N1CCC[C@@H](CO)C1. The Morgan fingerprint density at radius 2 is 1.65 bits per heavy atom. The Labute approximate surface area is 139 Å². The van der Waals surface area contributed by atoms with E-state index in [1.165, 1.54) is 32.1 Å². The highest BCUT2D eigenvalue weighted by molar-refractivity contribution is 5.76. The first-order valence-electron chi connectivity index (χ1n) is 9.09. The monoisotopic (exact) mass is 325 g/mol. The van der Waals surface area contributed by atoms with Crippen molar-refractivity contribution in [1.82, 2.24) is 15.5 Å². The first-order chi connectivity index (χ1) is 11.2. The van der Waals surface area contributed by atoms with E-state index in [2.05, 4.69) is 10.6 Å². The van der Waals surface area contributed by atoms with Crippen LogP contribution in [0.1, 0.15) is 51.4 Å². The van der Waals surface area contributed by atoms with Crippen molar-refractivity contribution in [3.05, 3.63) is 0 Å². The number of hydrogen-bond donors (Lipinski definition) is 3. The van der Waals surface area contributed by atoms with Crippen LogP contribution in [0.5, 0.6) is 0 Å². The number of aliphatic hydroxyl groups is 1. The molecule has 23 heavy (non-hydrogen) atoms. The van der Waals surface area contributed by atoms with E-state index < -0.39 is 0 Å². The summed E-state index contributed by atoms with van der Waals surface area (Å²) in [4.78, 5) is 25.7. The molecule has 132 valence electrons. The van der Waals surface area contributed by atoms with E-state index in [1.54, 1.807) is 4.90 Å². The summed E-state index contributed by atoms with van der Waals surface area (Å²) < 4.78 is 0. The molecule has 2 rings (SSSR count). The van der Waals surface area contributed by atoms with Crippen molar-refractivity contribution in [3.8, 4) is 0 Å². The lowest BCUT2D eigenvalue weighted by Gasteiger charge is -2.31. The van der Waals surface area contributed by atoms with Crippen LogP contribution in [0.2, 0.25) is 0 Å². The summed E-state index contributed by atoms with van der Waals surface area (Å²) in [5.74, 6) is 0.844. The molecule has 6 nitrogen and oxygen atoms in total. The number of aliphatic hydroxyl groups excluding tert-OH is 1. The van der Waals surface area contributed by atoms with Crippen LogP contribution >= 0.6 is 0 Å². The zero-order valence-corrected chi connectivity index (χ0v) is 14.1. The summed E-state index contributed by atoms with van der Waals surface area (Å²) in [6, 6.07) is -0.0929. The third-order valence-electron chi connectivity index (χ3n) is 4.99. The summed E-state index contributed by atoms with van der Waals surface area (Å²) in [5, 5.41) is 14.9. The molecule has 0 aromatic rings. The van der Waals surface area contributed by atoms with Crippen molar-refractivity contribution < 1.29 is 14.7 Å². The van der Waals surface area contributed by atoms with E-state index in [1.807, 2.05) is 0 Å². The molecule has 1 aliphatic heterocycles. The molecule has 2 fully saturated rings. The fourth-order valence-electron chi connectivity index (χ4n) is 3.61. The highest BCUT2D eigenvalue weighted by Crippen LogP contribution is 2.25. The fraction of sp³-hybridized carbons (Fsp3) is 0.882. The minimum atomic E-state index is -0.0929. The van der Waals surface area contributed by atoms with Crippen LogP contribution in [0, 0.1) is 11.8 Å². The van der Waals surface area contributed by atoms with Gasteiger partial charge < -0.3 is 20.6 Å². The number of nitrogens with one attached hydrogen (secondary N) is 2. The first-order valence-corrected chi connectivity index (χ1v) is 9.09. The second-order valence-electron chi connectivity index (χ2n) is 6.93. The second-order valence-corrected chi connectivity index (χ2v) is 6.93. The van der Waals surface area contributed by atoms with Crippen LogP contribution in [-0.2, 0) is 4.79 Å². The summed E-state index contributed by atoms with van der Waals surface area (Å²) in [7, 11) is 0. The Bertz CT molecular complexity index is 383. The number of hydrogen-bond acceptors (Lipinski definition) is 3. The number of nitrogens with zero attached hydrogens (tertiary/aromatic N) is 1. The van der Waals surface area contributed by atoms with Gasteiger partial charge in [-0.25, -0.2) is 4.79 Å². The van der Waals surface area contributed by atoms with Crippen molar-refractivity contribution in [2.45, 2.75) is 51.4 Å². The molecule has 6 heteroatoms. The standard InChI is InChI=1S/C17H31N3O3/c21-13-15-7-4-10-20(12-15)17(23)19-9-8-18-16(22)11-14-5-2-1-3-6-14/h14-15,21H,1-13H2,(H,18,22)(H,19,23)/t15-/m1/s1. The van der Waals surface area contributed by atoms with Crippen LogP contribution < -0.4 is 10.6 Å². The van der Waals surface area contributed by atoms with Crippen LogP contribution in [-0.4, -0.2) is 54.7 Å². The molecule has 1 saturated heterocycles. The van der Waals surface area contributed by atoms with E-state index >= 15 is 0 Å². The number of urea groups is 1. The predicted octanol–water partition coefficient (Wildman–Crippen LogP) is 1.49. The molecular weight excluding hydrogens is 294 g/mol. The van der Waals surface area contributed by atoms with Gasteiger partial charge in [0.1, 0.15) is 0 Å². The predicted molar refractivity (Wildman–Crippen MR) is 89.0 cm³/mol.